The van der Waals surface area contributed by atoms with E-state index < -0.39 is 0 Å². The third kappa shape index (κ3) is 1.17. The molecule has 2 bridgehead atoms. The van der Waals surface area contributed by atoms with Gasteiger partial charge in [-0.2, -0.15) is 0 Å². The van der Waals surface area contributed by atoms with Crippen LogP contribution in [0.15, 0.2) is 35.6 Å². The molecule has 2 aliphatic heterocycles. The monoisotopic (exact) mass is 283 g/mol. The standard InChI is InChI=1S/C17H17NO3/c1-20-13-5-3-10-11-8-9-2-4-12(19)15-14(9)17(10,6-7-18-11)16(13)21-15/h2-5,11,16,18-19H,6-8H2,1H3/t11?,16-,17-/m0/s1. The van der Waals surface area contributed by atoms with E-state index in [1.54, 1.807) is 13.2 Å². The Balaban J connectivity index is 1.87. The molecule has 3 atom stereocenters. The van der Waals surface area contributed by atoms with E-state index in [9.17, 15) is 5.11 Å². The summed E-state index contributed by atoms with van der Waals surface area (Å²) in [5, 5.41) is 13.9. The zero-order valence-electron chi connectivity index (χ0n) is 11.8. The average Bonchev–Trinajstić information content (AvgIpc) is 2.83. The second-order valence-corrected chi connectivity index (χ2v) is 6.27. The highest BCUT2D eigenvalue weighted by molar-refractivity contribution is 5.67. The predicted octanol–water partition coefficient (Wildman–Crippen LogP) is 1.78. The third-order valence-electron chi connectivity index (χ3n) is 5.50. The van der Waals surface area contributed by atoms with E-state index in [-0.39, 0.29) is 17.3 Å². The van der Waals surface area contributed by atoms with E-state index in [1.807, 2.05) is 12.1 Å². The second kappa shape index (κ2) is 3.63. The Labute approximate surface area is 123 Å². The molecule has 21 heavy (non-hydrogen) atoms. The van der Waals surface area contributed by atoms with E-state index in [1.165, 1.54) is 16.7 Å². The van der Waals surface area contributed by atoms with Crippen molar-refractivity contribution >= 4 is 0 Å². The Bertz CT molecular complexity index is 721. The number of hydrogen-bond donors (Lipinski definition) is 2. The normalized spacial score (nSPS) is 34.5. The van der Waals surface area contributed by atoms with Gasteiger partial charge in [-0.15, -0.1) is 0 Å². The van der Waals surface area contributed by atoms with E-state index in [4.69, 9.17) is 9.47 Å². The lowest BCUT2D eigenvalue weighted by Crippen LogP contribution is -2.58. The molecule has 1 fully saturated rings. The lowest BCUT2D eigenvalue weighted by Gasteiger charge is -2.49. The first-order valence-electron chi connectivity index (χ1n) is 7.47. The Hall–Kier alpha value is -1.94. The van der Waals surface area contributed by atoms with Gasteiger partial charge in [-0.05, 0) is 42.7 Å². The Kier molecular flexibility index (Phi) is 2.02. The van der Waals surface area contributed by atoms with Gasteiger partial charge in [-0.3, -0.25) is 0 Å². The minimum Gasteiger partial charge on any atom is -0.504 e. The third-order valence-corrected chi connectivity index (χ3v) is 5.50. The molecular formula is C17H17NO3. The van der Waals surface area contributed by atoms with Crippen LogP contribution in [0.5, 0.6) is 11.5 Å². The lowest BCUT2D eigenvalue weighted by molar-refractivity contribution is 0.0999. The van der Waals surface area contributed by atoms with Crippen molar-refractivity contribution in [2.75, 3.05) is 13.7 Å². The van der Waals surface area contributed by atoms with E-state index >= 15 is 0 Å². The van der Waals surface area contributed by atoms with Crippen LogP contribution in [0, 0.1) is 0 Å². The highest BCUT2D eigenvalue weighted by atomic mass is 16.5. The minimum absolute atomic E-state index is 0.144. The molecule has 0 saturated carbocycles. The largest absolute Gasteiger partial charge is 0.504 e. The van der Waals surface area contributed by atoms with Gasteiger partial charge in [0, 0.05) is 11.6 Å². The van der Waals surface area contributed by atoms with Crippen LogP contribution in [-0.4, -0.2) is 30.9 Å². The number of allylic oxidation sites excluding steroid dienone is 2. The molecule has 4 aliphatic rings. The van der Waals surface area contributed by atoms with Crippen LogP contribution in [0.4, 0.5) is 0 Å². The summed E-state index contributed by atoms with van der Waals surface area (Å²) in [4.78, 5) is 0. The number of ether oxygens (including phenoxy) is 2. The van der Waals surface area contributed by atoms with Crippen molar-refractivity contribution in [3.05, 3.63) is 46.7 Å². The number of aromatic hydroxyl groups is 1. The molecule has 4 heteroatoms. The molecule has 108 valence electrons. The quantitative estimate of drug-likeness (QED) is 0.825. The fraction of sp³-hybridized carbons (Fsp3) is 0.412. The van der Waals surface area contributed by atoms with Crippen LogP contribution in [-0.2, 0) is 16.6 Å². The number of phenolic OH excluding ortho intramolecular Hbond substituents is 1. The minimum atomic E-state index is -0.155. The molecule has 2 N–H and O–H groups in total. The van der Waals surface area contributed by atoms with Crippen LogP contribution >= 0.6 is 0 Å². The molecule has 1 unspecified atom stereocenters. The van der Waals surface area contributed by atoms with Gasteiger partial charge in [-0.25, -0.2) is 0 Å². The molecule has 2 heterocycles. The number of methoxy groups -OCH3 is 1. The van der Waals surface area contributed by atoms with E-state index in [0.29, 0.717) is 11.8 Å². The molecule has 1 aromatic rings. The van der Waals surface area contributed by atoms with E-state index in [0.717, 1.165) is 25.1 Å². The first-order chi connectivity index (χ1) is 10.3. The first-order valence-corrected chi connectivity index (χ1v) is 7.47. The van der Waals surface area contributed by atoms with Gasteiger partial charge in [0.05, 0.1) is 12.5 Å². The fourth-order valence-corrected chi connectivity index (χ4v) is 4.70. The highest BCUT2D eigenvalue weighted by Gasteiger charge is 2.60. The molecule has 1 spiro atoms. The molecule has 0 aromatic heterocycles. The summed E-state index contributed by atoms with van der Waals surface area (Å²) >= 11 is 0. The zero-order chi connectivity index (χ0) is 14.2. The summed E-state index contributed by atoms with van der Waals surface area (Å²) in [6.07, 6.45) is 6.01. The average molecular weight is 283 g/mol. The van der Waals surface area contributed by atoms with Crippen LogP contribution in [0.25, 0.3) is 0 Å². The zero-order valence-corrected chi connectivity index (χ0v) is 11.8. The van der Waals surface area contributed by atoms with Crippen LogP contribution in [0.3, 0.4) is 0 Å². The van der Waals surface area contributed by atoms with Crippen molar-refractivity contribution in [1.82, 2.24) is 5.32 Å². The van der Waals surface area contributed by atoms with Crippen molar-refractivity contribution in [1.29, 1.82) is 0 Å². The van der Waals surface area contributed by atoms with Crippen molar-refractivity contribution in [2.45, 2.75) is 30.4 Å². The topological polar surface area (TPSA) is 50.7 Å². The number of hydrogen-bond acceptors (Lipinski definition) is 4. The number of piperidine rings is 1. The van der Waals surface area contributed by atoms with Gasteiger partial charge in [0.25, 0.3) is 0 Å². The van der Waals surface area contributed by atoms with Gasteiger partial charge in [-0.1, -0.05) is 12.1 Å². The van der Waals surface area contributed by atoms with Crippen molar-refractivity contribution < 1.29 is 14.6 Å². The lowest BCUT2D eigenvalue weighted by atomic mass is 9.58. The summed E-state index contributed by atoms with van der Waals surface area (Å²) in [6, 6.07) is 4.16. The molecule has 4 nitrogen and oxygen atoms in total. The summed E-state index contributed by atoms with van der Waals surface area (Å²) < 4.78 is 11.8. The molecule has 1 aromatic carbocycles. The maximum Gasteiger partial charge on any atom is 0.169 e. The van der Waals surface area contributed by atoms with Crippen LogP contribution in [0.2, 0.25) is 0 Å². The summed E-state index contributed by atoms with van der Waals surface area (Å²) in [7, 11) is 1.69. The number of rotatable bonds is 1. The maximum absolute atomic E-state index is 10.2. The second-order valence-electron chi connectivity index (χ2n) is 6.27. The number of phenols is 1. The highest BCUT2D eigenvalue weighted by Crippen LogP contribution is 2.61. The summed E-state index contributed by atoms with van der Waals surface area (Å²) in [5.41, 5.74) is 3.71. The van der Waals surface area contributed by atoms with E-state index in [2.05, 4.69) is 11.4 Å². The van der Waals surface area contributed by atoms with Gasteiger partial charge in [0.15, 0.2) is 17.6 Å². The molecular weight excluding hydrogens is 266 g/mol. The Morgan fingerprint density at radius 1 is 1.38 bits per heavy atom. The molecule has 1 saturated heterocycles. The van der Waals surface area contributed by atoms with Gasteiger partial charge in [0.2, 0.25) is 0 Å². The SMILES string of the molecule is COC1=CC=C2C3Cc4ccc(O)c5c4[C@@]2(CCN3)[C@H]1O5. The number of benzene rings is 1. The Morgan fingerprint density at radius 3 is 3.14 bits per heavy atom. The molecule has 0 amide bonds. The number of nitrogens with one attached hydrogen (secondary N) is 1. The van der Waals surface area contributed by atoms with Gasteiger partial charge < -0.3 is 19.9 Å². The molecule has 2 aliphatic carbocycles. The van der Waals surface area contributed by atoms with Gasteiger partial charge >= 0.3 is 0 Å². The van der Waals surface area contributed by atoms with Crippen molar-refractivity contribution in [2.24, 2.45) is 0 Å². The fourth-order valence-electron chi connectivity index (χ4n) is 4.70. The summed E-state index contributed by atoms with van der Waals surface area (Å²) in [5.74, 6) is 1.75. The van der Waals surface area contributed by atoms with Crippen LogP contribution < -0.4 is 10.1 Å². The summed E-state index contributed by atoms with van der Waals surface area (Å²) in [6.45, 7) is 0.966. The van der Waals surface area contributed by atoms with Crippen LogP contribution in [0.1, 0.15) is 17.5 Å². The smallest absolute Gasteiger partial charge is 0.169 e. The van der Waals surface area contributed by atoms with Crippen molar-refractivity contribution in [3.8, 4) is 11.5 Å². The van der Waals surface area contributed by atoms with Gasteiger partial charge in [0.1, 0.15) is 5.76 Å². The first kappa shape index (κ1) is 11.7. The van der Waals surface area contributed by atoms with Crippen molar-refractivity contribution in [3.63, 3.8) is 0 Å². The molecule has 0 radical (unpaired) electrons. The maximum atomic E-state index is 10.2. The molecule has 5 rings (SSSR count). The Morgan fingerprint density at radius 2 is 2.29 bits per heavy atom. The predicted molar refractivity (Wildman–Crippen MR) is 77.5 cm³/mol.